The van der Waals surface area contributed by atoms with E-state index in [-0.39, 0.29) is 5.91 Å². The molecule has 7 heteroatoms. The monoisotopic (exact) mass is 407 g/mol. The molecule has 2 aromatic heterocycles. The van der Waals surface area contributed by atoms with Gasteiger partial charge in [0.2, 0.25) is 5.91 Å². The highest BCUT2D eigenvalue weighted by molar-refractivity contribution is 8.00. The summed E-state index contributed by atoms with van der Waals surface area (Å²) in [7, 11) is 0. The van der Waals surface area contributed by atoms with Crippen molar-refractivity contribution < 1.29 is 4.79 Å². The molecule has 2 aliphatic rings. The van der Waals surface area contributed by atoms with Crippen LogP contribution in [-0.2, 0) is 4.79 Å². The van der Waals surface area contributed by atoms with Gasteiger partial charge in [0, 0.05) is 12.6 Å². The van der Waals surface area contributed by atoms with Crippen molar-refractivity contribution in [2.24, 2.45) is 5.92 Å². The van der Waals surface area contributed by atoms with Crippen molar-refractivity contribution in [1.82, 2.24) is 24.6 Å². The van der Waals surface area contributed by atoms with E-state index in [4.69, 9.17) is 0 Å². The number of para-hydroxylation sites is 1. The van der Waals surface area contributed by atoms with Crippen molar-refractivity contribution in [1.29, 1.82) is 0 Å². The summed E-state index contributed by atoms with van der Waals surface area (Å²) in [6, 6.07) is 10.4. The Kier molecular flexibility index (Phi) is 5.23. The molecule has 1 saturated heterocycles. The molecule has 0 radical (unpaired) electrons. The molecule has 6 nitrogen and oxygen atoms in total. The van der Waals surface area contributed by atoms with Crippen LogP contribution in [0.2, 0.25) is 0 Å². The number of carbonyl (C=O) groups excluding carboxylic acids is 1. The molecular weight excluding hydrogens is 382 g/mol. The Morgan fingerprint density at radius 2 is 1.90 bits per heavy atom. The molecule has 2 fully saturated rings. The molecule has 2 atom stereocenters. The molecule has 0 bridgehead atoms. The molecule has 0 N–H and O–H groups in total. The number of piperidine rings is 1. The SMILES string of the molecule is O=C(CSc1ncnc2c1cnn2-c1ccccc1)N1CCC[C@@H]2CCCC[C@@H]21. The Bertz CT molecular complexity index is 1000. The van der Waals surface area contributed by atoms with E-state index in [2.05, 4.69) is 20.0 Å². The van der Waals surface area contributed by atoms with E-state index < -0.39 is 0 Å². The van der Waals surface area contributed by atoms with Crippen LogP contribution in [0.5, 0.6) is 0 Å². The second-order valence-corrected chi connectivity index (χ2v) is 8.90. The zero-order chi connectivity index (χ0) is 19.6. The van der Waals surface area contributed by atoms with Crippen LogP contribution in [-0.4, -0.2) is 48.9 Å². The van der Waals surface area contributed by atoms with Crippen molar-refractivity contribution >= 4 is 28.7 Å². The topological polar surface area (TPSA) is 63.9 Å². The molecule has 1 aliphatic carbocycles. The van der Waals surface area contributed by atoms with Gasteiger partial charge in [-0.05, 0) is 43.7 Å². The molecule has 150 valence electrons. The third-order valence-corrected chi connectivity index (χ3v) is 7.22. The van der Waals surface area contributed by atoms with E-state index in [1.165, 1.54) is 43.9 Å². The minimum absolute atomic E-state index is 0.244. The lowest BCUT2D eigenvalue weighted by molar-refractivity contribution is -0.134. The average Bonchev–Trinajstić information content (AvgIpc) is 3.22. The fraction of sp³-hybridized carbons (Fsp3) is 0.455. The smallest absolute Gasteiger partial charge is 0.233 e. The second-order valence-electron chi connectivity index (χ2n) is 7.94. The Balaban J connectivity index is 1.33. The van der Waals surface area contributed by atoms with Crippen LogP contribution in [0, 0.1) is 5.92 Å². The number of rotatable bonds is 4. The number of likely N-dealkylation sites (tertiary alicyclic amines) is 1. The number of benzene rings is 1. The lowest BCUT2D eigenvalue weighted by Crippen LogP contribution is -2.50. The number of carbonyl (C=O) groups is 1. The number of thioether (sulfide) groups is 1. The molecule has 0 spiro atoms. The summed E-state index contributed by atoms with van der Waals surface area (Å²) in [6.45, 7) is 0.908. The van der Waals surface area contributed by atoms with Crippen molar-refractivity contribution in [3.05, 3.63) is 42.9 Å². The molecule has 3 heterocycles. The van der Waals surface area contributed by atoms with E-state index >= 15 is 0 Å². The number of aromatic nitrogens is 4. The Labute approximate surface area is 174 Å². The number of fused-ring (bicyclic) bond motifs is 2. The third-order valence-electron chi connectivity index (χ3n) is 6.23. The molecule has 5 rings (SSSR count). The van der Waals surface area contributed by atoms with Gasteiger partial charge in [0.05, 0.1) is 23.0 Å². The molecular formula is C22H25N5OS. The number of amides is 1. The van der Waals surface area contributed by atoms with Gasteiger partial charge in [0.1, 0.15) is 11.4 Å². The van der Waals surface area contributed by atoms with Crippen LogP contribution in [0.3, 0.4) is 0 Å². The quantitative estimate of drug-likeness (QED) is 0.481. The average molecular weight is 408 g/mol. The fourth-order valence-electron chi connectivity index (χ4n) is 4.84. The largest absolute Gasteiger partial charge is 0.339 e. The van der Waals surface area contributed by atoms with Gasteiger partial charge in [-0.1, -0.05) is 42.8 Å². The molecule has 3 aromatic rings. The summed E-state index contributed by atoms with van der Waals surface area (Å²) in [5.74, 6) is 1.38. The van der Waals surface area contributed by atoms with Crippen LogP contribution < -0.4 is 0 Å². The van der Waals surface area contributed by atoms with Crippen LogP contribution >= 0.6 is 11.8 Å². The number of hydrogen-bond donors (Lipinski definition) is 0. The summed E-state index contributed by atoms with van der Waals surface area (Å²) in [5, 5.41) is 6.22. The highest BCUT2D eigenvalue weighted by atomic mass is 32.2. The first kappa shape index (κ1) is 18.6. The minimum Gasteiger partial charge on any atom is -0.339 e. The first-order valence-electron chi connectivity index (χ1n) is 10.5. The van der Waals surface area contributed by atoms with E-state index in [0.717, 1.165) is 34.7 Å². The van der Waals surface area contributed by atoms with E-state index in [0.29, 0.717) is 17.7 Å². The highest BCUT2D eigenvalue weighted by Crippen LogP contribution is 2.36. The summed E-state index contributed by atoms with van der Waals surface area (Å²) in [6.07, 6.45) is 10.8. The van der Waals surface area contributed by atoms with E-state index in [1.807, 2.05) is 35.0 Å². The number of nitrogens with zero attached hydrogens (tertiary/aromatic N) is 5. The summed E-state index contributed by atoms with van der Waals surface area (Å²) >= 11 is 1.50. The summed E-state index contributed by atoms with van der Waals surface area (Å²) in [4.78, 5) is 24.1. The van der Waals surface area contributed by atoms with E-state index in [1.54, 1.807) is 12.5 Å². The maximum Gasteiger partial charge on any atom is 0.233 e. The third kappa shape index (κ3) is 3.64. The Morgan fingerprint density at radius 3 is 2.79 bits per heavy atom. The van der Waals surface area contributed by atoms with Crippen molar-refractivity contribution in [3.8, 4) is 5.69 Å². The van der Waals surface area contributed by atoms with Crippen LogP contribution in [0.25, 0.3) is 16.7 Å². The fourth-order valence-corrected chi connectivity index (χ4v) is 5.69. The molecule has 0 unspecified atom stereocenters. The maximum absolute atomic E-state index is 13.0. The zero-order valence-corrected chi connectivity index (χ0v) is 17.2. The summed E-state index contributed by atoms with van der Waals surface area (Å²) in [5.41, 5.74) is 1.73. The first-order valence-corrected chi connectivity index (χ1v) is 11.5. The predicted octanol–water partition coefficient (Wildman–Crippen LogP) is 4.09. The minimum atomic E-state index is 0.244. The standard InChI is InChI=1S/C22H25N5OS/c28-20(26-12-6-8-16-7-4-5-11-19(16)26)14-29-22-18-13-25-27(21(18)23-15-24-22)17-9-2-1-3-10-17/h1-3,9-10,13,15-16,19H,4-8,11-12,14H2/t16-,19-/m0/s1. The lowest BCUT2D eigenvalue weighted by Gasteiger charge is -2.44. The normalized spacial score (nSPS) is 21.9. The molecule has 1 aliphatic heterocycles. The maximum atomic E-state index is 13.0. The van der Waals surface area contributed by atoms with Gasteiger partial charge in [0.15, 0.2) is 5.65 Å². The van der Waals surface area contributed by atoms with Crippen molar-refractivity contribution in [2.75, 3.05) is 12.3 Å². The molecule has 1 saturated carbocycles. The van der Waals surface area contributed by atoms with Gasteiger partial charge in [-0.25, -0.2) is 14.6 Å². The van der Waals surface area contributed by atoms with Gasteiger partial charge < -0.3 is 4.90 Å². The molecule has 1 aromatic carbocycles. The molecule has 1 amide bonds. The second kappa shape index (κ2) is 8.14. The van der Waals surface area contributed by atoms with Gasteiger partial charge in [-0.15, -0.1) is 0 Å². The Morgan fingerprint density at radius 1 is 1.07 bits per heavy atom. The lowest BCUT2D eigenvalue weighted by atomic mass is 9.78. The van der Waals surface area contributed by atoms with Gasteiger partial charge in [0.25, 0.3) is 0 Å². The predicted molar refractivity (Wildman–Crippen MR) is 114 cm³/mol. The van der Waals surface area contributed by atoms with Gasteiger partial charge >= 0.3 is 0 Å². The van der Waals surface area contributed by atoms with Gasteiger partial charge in [-0.2, -0.15) is 5.10 Å². The van der Waals surface area contributed by atoms with Crippen LogP contribution in [0.4, 0.5) is 0 Å². The van der Waals surface area contributed by atoms with Crippen LogP contribution in [0.15, 0.2) is 47.9 Å². The number of hydrogen-bond acceptors (Lipinski definition) is 5. The Hall–Kier alpha value is -2.41. The van der Waals surface area contributed by atoms with E-state index in [9.17, 15) is 4.79 Å². The zero-order valence-electron chi connectivity index (χ0n) is 16.4. The first-order chi connectivity index (χ1) is 14.3. The van der Waals surface area contributed by atoms with Crippen molar-refractivity contribution in [3.63, 3.8) is 0 Å². The molecule has 29 heavy (non-hydrogen) atoms. The van der Waals surface area contributed by atoms with Gasteiger partial charge in [-0.3, -0.25) is 4.79 Å². The highest BCUT2D eigenvalue weighted by Gasteiger charge is 2.35. The van der Waals surface area contributed by atoms with Crippen molar-refractivity contribution in [2.45, 2.75) is 49.6 Å². The van der Waals surface area contributed by atoms with Crippen LogP contribution in [0.1, 0.15) is 38.5 Å². The summed E-state index contributed by atoms with van der Waals surface area (Å²) < 4.78 is 1.82.